The highest BCUT2D eigenvalue weighted by atomic mass is 35.5. The van der Waals surface area contributed by atoms with E-state index in [1.54, 1.807) is 0 Å². The molecule has 0 aliphatic carbocycles. The maximum absolute atomic E-state index is 4.50. The normalized spacial score (nSPS) is 14.3. The van der Waals surface area contributed by atoms with Gasteiger partial charge in [0.05, 0.1) is 0 Å². The van der Waals surface area contributed by atoms with Crippen LogP contribution in [0, 0.1) is 6.92 Å². The van der Waals surface area contributed by atoms with Gasteiger partial charge in [0.25, 0.3) is 0 Å². The quantitative estimate of drug-likeness (QED) is 0.924. The Balaban J connectivity index is 0.000001000. The van der Waals surface area contributed by atoms with Crippen LogP contribution in [0.2, 0.25) is 0 Å². The van der Waals surface area contributed by atoms with Crippen molar-refractivity contribution in [2.45, 2.75) is 6.92 Å². The smallest absolute Gasteiger partial charge is 0.210 e. The molecule has 1 fully saturated rings. The van der Waals surface area contributed by atoms with E-state index in [1.165, 1.54) is 11.3 Å². The molecule has 0 saturated carbocycles. The number of halogens is 2. The van der Waals surface area contributed by atoms with Gasteiger partial charge in [-0.15, -0.1) is 24.8 Å². The number of nitrogens with zero attached hydrogens (tertiary/aromatic N) is 3. The molecular weight excluding hydrogens is 295 g/mol. The number of anilines is 1. The fraction of sp³-hybridized carbons (Fsp3) is 0.357. The zero-order valence-corrected chi connectivity index (χ0v) is 13.1. The van der Waals surface area contributed by atoms with Gasteiger partial charge in [0.15, 0.2) is 0 Å². The summed E-state index contributed by atoms with van der Waals surface area (Å²) in [7, 11) is 0. The Morgan fingerprint density at radius 2 is 1.70 bits per heavy atom. The topological polar surface area (TPSA) is 33.1 Å². The minimum absolute atomic E-state index is 0. The summed E-state index contributed by atoms with van der Waals surface area (Å²) in [6.07, 6.45) is 3.90. The van der Waals surface area contributed by atoms with Crippen LogP contribution in [0.15, 0.2) is 36.7 Å². The monoisotopic (exact) mass is 314 g/mol. The zero-order valence-electron chi connectivity index (χ0n) is 11.5. The Labute approximate surface area is 132 Å². The minimum atomic E-state index is 0. The SMILES string of the molecule is Cc1ccc(-n2ccnc2N2CCNCC2)cc1.Cl.Cl. The molecule has 1 aliphatic heterocycles. The number of rotatable bonds is 2. The first-order chi connectivity index (χ1) is 8.84. The van der Waals surface area contributed by atoms with Gasteiger partial charge in [-0.25, -0.2) is 4.98 Å². The maximum atomic E-state index is 4.50. The van der Waals surface area contributed by atoms with Crippen molar-refractivity contribution < 1.29 is 0 Å². The van der Waals surface area contributed by atoms with E-state index < -0.39 is 0 Å². The number of piperazine rings is 1. The molecule has 1 aliphatic rings. The second-order valence-electron chi connectivity index (χ2n) is 4.67. The van der Waals surface area contributed by atoms with Gasteiger partial charge >= 0.3 is 0 Å². The van der Waals surface area contributed by atoms with E-state index >= 15 is 0 Å². The Morgan fingerprint density at radius 1 is 1.05 bits per heavy atom. The van der Waals surface area contributed by atoms with Gasteiger partial charge in [0, 0.05) is 44.3 Å². The highest BCUT2D eigenvalue weighted by Gasteiger charge is 2.15. The van der Waals surface area contributed by atoms with Crippen LogP contribution in [0.4, 0.5) is 5.95 Å². The van der Waals surface area contributed by atoms with Crippen LogP contribution in [0.1, 0.15) is 5.56 Å². The van der Waals surface area contributed by atoms with E-state index in [1.807, 2.05) is 12.4 Å². The third-order valence-corrected chi connectivity index (χ3v) is 3.33. The van der Waals surface area contributed by atoms with Crippen molar-refractivity contribution in [2.75, 3.05) is 31.1 Å². The highest BCUT2D eigenvalue weighted by molar-refractivity contribution is 5.85. The van der Waals surface area contributed by atoms with Crippen LogP contribution >= 0.6 is 24.8 Å². The lowest BCUT2D eigenvalue weighted by atomic mass is 10.2. The molecule has 0 amide bonds. The average molecular weight is 315 g/mol. The van der Waals surface area contributed by atoms with E-state index in [-0.39, 0.29) is 24.8 Å². The Bertz CT molecular complexity index is 518. The summed E-state index contributed by atoms with van der Waals surface area (Å²) in [6.45, 7) is 6.20. The molecule has 2 heterocycles. The van der Waals surface area contributed by atoms with E-state index in [9.17, 15) is 0 Å². The van der Waals surface area contributed by atoms with E-state index in [2.05, 4.69) is 51.0 Å². The highest BCUT2D eigenvalue weighted by Crippen LogP contribution is 2.18. The largest absolute Gasteiger partial charge is 0.339 e. The van der Waals surface area contributed by atoms with Gasteiger partial charge in [0.1, 0.15) is 0 Å². The standard InChI is InChI=1S/C14H18N4.2ClH/c1-12-2-4-13(5-3-12)18-11-8-16-14(18)17-9-6-15-7-10-17;;/h2-5,8,11,15H,6-7,9-10H2,1H3;2*1H. The number of hydrogen-bond donors (Lipinski definition) is 1. The Hall–Kier alpha value is -1.23. The molecule has 20 heavy (non-hydrogen) atoms. The number of imidazole rings is 1. The summed E-state index contributed by atoms with van der Waals surface area (Å²) < 4.78 is 2.16. The van der Waals surface area contributed by atoms with Crippen molar-refractivity contribution in [1.82, 2.24) is 14.9 Å². The summed E-state index contributed by atoms with van der Waals surface area (Å²) in [5.74, 6) is 1.04. The van der Waals surface area contributed by atoms with E-state index in [0.29, 0.717) is 0 Å². The summed E-state index contributed by atoms with van der Waals surface area (Å²) in [4.78, 5) is 6.83. The van der Waals surface area contributed by atoms with Gasteiger partial charge in [-0.05, 0) is 19.1 Å². The van der Waals surface area contributed by atoms with E-state index in [0.717, 1.165) is 32.1 Å². The second-order valence-corrected chi connectivity index (χ2v) is 4.67. The average Bonchev–Trinajstić information content (AvgIpc) is 2.90. The van der Waals surface area contributed by atoms with Crippen molar-refractivity contribution >= 4 is 30.8 Å². The molecule has 110 valence electrons. The van der Waals surface area contributed by atoms with Crippen molar-refractivity contribution in [1.29, 1.82) is 0 Å². The first kappa shape index (κ1) is 16.8. The Morgan fingerprint density at radius 3 is 2.35 bits per heavy atom. The predicted molar refractivity (Wildman–Crippen MR) is 87.9 cm³/mol. The van der Waals surface area contributed by atoms with Gasteiger partial charge in [-0.3, -0.25) is 4.57 Å². The fourth-order valence-electron chi connectivity index (χ4n) is 2.30. The van der Waals surface area contributed by atoms with Crippen molar-refractivity contribution in [3.63, 3.8) is 0 Å². The molecule has 0 atom stereocenters. The summed E-state index contributed by atoms with van der Waals surface area (Å²) in [5.41, 5.74) is 2.45. The number of aryl methyl sites for hydroxylation is 1. The third kappa shape index (κ3) is 3.45. The molecule has 0 spiro atoms. The molecule has 0 unspecified atom stereocenters. The second kappa shape index (κ2) is 7.53. The molecule has 2 aromatic rings. The number of benzene rings is 1. The lowest BCUT2D eigenvalue weighted by Crippen LogP contribution is -2.44. The first-order valence-corrected chi connectivity index (χ1v) is 6.41. The lowest BCUT2D eigenvalue weighted by Gasteiger charge is -2.28. The summed E-state index contributed by atoms with van der Waals surface area (Å²) >= 11 is 0. The van der Waals surface area contributed by atoms with Crippen LogP contribution in [0.25, 0.3) is 5.69 Å². The van der Waals surface area contributed by atoms with Gasteiger partial charge in [0.2, 0.25) is 5.95 Å². The third-order valence-electron chi connectivity index (χ3n) is 3.33. The minimum Gasteiger partial charge on any atom is -0.339 e. The molecule has 1 aromatic heterocycles. The molecule has 4 nitrogen and oxygen atoms in total. The van der Waals surface area contributed by atoms with Crippen molar-refractivity contribution in [3.05, 3.63) is 42.2 Å². The molecule has 6 heteroatoms. The first-order valence-electron chi connectivity index (χ1n) is 6.41. The Kier molecular flexibility index (Phi) is 6.33. The maximum Gasteiger partial charge on any atom is 0.210 e. The van der Waals surface area contributed by atoms with Crippen molar-refractivity contribution in [3.8, 4) is 5.69 Å². The van der Waals surface area contributed by atoms with Gasteiger partial charge in [-0.1, -0.05) is 17.7 Å². The van der Waals surface area contributed by atoms with Crippen LogP contribution in [0.5, 0.6) is 0 Å². The molecule has 1 aromatic carbocycles. The van der Waals surface area contributed by atoms with Gasteiger partial charge in [-0.2, -0.15) is 0 Å². The molecular formula is C14H20Cl2N4. The molecule has 1 saturated heterocycles. The summed E-state index contributed by atoms with van der Waals surface area (Å²) in [6, 6.07) is 8.55. The number of hydrogen-bond acceptors (Lipinski definition) is 3. The van der Waals surface area contributed by atoms with E-state index in [4.69, 9.17) is 0 Å². The molecule has 1 N–H and O–H groups in total. The number of aromatic nitrogens is 2. The predicted octanol–water partition coefficient (Wildman–Crippen LogP) is 2.43. The fourth-order valence-corrected chi connectivity index (χ4v) is 2.30. The van der Waals surface area contributed by atoms with Gasteiger partial charge < -0.3 is 10.2 Å². The van der Waals surface area contributed by atoms with Crippen molar-refractivity contribution in [2.24, 2.45) is 0 Å². The summed E-state index contributed by atoms with van der Waals surface area (Å²) in [5, 5.41) is 3.36. The van der Waals surface area contributed by atoms with Crippen LogP contribution in [-0.4, -0.2) is 35.7 Å². The lowest BCUT2D eigenvalue weighted by molar-refractivity contribution is 0.577. The number of nitrogens with one attached hydrogen (secondary N) is 1. The van der Waals surface area contributed by atoms with Crippen LogP contribution < -0.4 is 10.2 Å². The molecule has 0 bridgehead atoms. The molecule has 3 rings (SSSR count). The zero-order chi connectivity index (χ0) is 12.4. The van der Waals surface area contributed by atoms with Crippen LogP contribution in [0.3, 0.4) is 0 Å². The van der Waals surface area contributed by atoms with Crippen LogP contribution in [-0.2, 0) is 0 Å². The molecule has 0 radical (unpaired) electrons.